The number of rotatable bonds is 7. The molecule has 0 aromatic carbocycles. The Labute approximate surface area is 125 Å². The third kappa shape index (κ3) is 3.40. The van der Waals surface area contributed by atoms with E-state index < -0.39 is 0 Å². The van der Waals surface area contributed by atoms with Gasteiger partial charge in [0.15, 0.2) is 0 Å². The van der Waals surface area contributed by atoms with Crippen LogP contribution in [0.4, 0.5) is 0 Å². The zero-order chi connectivity index (χ0) is 14.5. The number of hydrogen-bond donors (Lipinski definition) is 1. The lowest BCUT2D eigenvalue weighted by atomic mass is 10.1. The van der Waals surface area contributed by atoms with E-state index in [4.69, 9.17) is 4.74 Å². The molecule has 1 aliphatic heterocycles. The van der Waals surface area contributed by atoms with Crippen molar-refractivity contribution in [2.24, 2.45) is 0 Å². The van der Waals surface area contributed by atoms with Crippen LogP contribution in [0.2, 0.25) is 0 Å². The molecule has 3 unspecified atom stereocenters. The van der Waals surface area contributed by atoms with Crippen molar-refractivity contribution in [2.75, 3.05) is 13.2 Å². The molecule has 1 N–H and O–H groups in total. The molecule has 2 rings (SSSR count). The van der Waals surface area contributed by atoms with Crippen LogP contribution in [-0.2, 0) is 9.53 Å². The molecular formula is C15H24N2O2S. The third-order valence-corrected chi connectivity index (χ3v) is 4.47. The van der Waals surface area contributed by atoms with Crippen LogP contribution in [0.15, 0.2) is 17.5 Å². The van der Waals surface area contributed by atoms with Gasteiger partial charge in [0.2, 0.25) is 5.91 Å². The summed E-state index contributed by atoms with van der Waals surface area (Å²) in [5, 5.41) is 5.53. The Morgan fingerprint density at radius 3 is 2.90 bits per heavy atom. The Balaban J connectivity index is 2.12. The lowest BCUT2D eigenvalue weighted by molar-refractivity contribution is -0.132. The minimum absolute atomic E-state index is 0.00181. The van der Waals surface area contributed by atoms with E-state index in [2.05, 4.69) is 23.7 Å². The van der Waals surface area contributed by atoms with Gasteiger partial charge in [0.1, 0.15) is 6.17 Å². The summed E-state index contributed by atoms with van der Waals surface area (Å²) in [5.74, 6) is 0.205. The number of carbonyl (C=O) groups is 1. The van der Waals surface area contributed by atoms with Crippen molar-refractivity contribution in [1.29, 1.82) is 0 Å². The van der Waals surface area contributed by atoms with Gasteiger partial charge in [-0.05, 0) is 31.7 Å². The fourth-order valence-electron chi connectivity index (χ4n) is 2.67. The van der Waals surface area contributed by atoms with Crippen molar-refractivity contribution < 1.29 is 9.53 Å². The molecule has 3 atom stereocenters. The molecule has 5 heteroatoms. The minimum Gasteiger partial charge on any atom is -0.377 e. The first-order chi connectivity index (χ1) is 9.67. The van der Waals surface area contributed by atoms with E-state index >= 15 is 0 Å². The van der Waals surface area contributed by atoms with E-state index in [1.807, 2.05) is 24.8 Å². The second kappa shape index (κ2) is 7.20. The Morgan fingerprint density at radius 1 is 1.50 bits per heavy atom. The molecule has 0 saturated carbocycles. The summed E-state index contributed by atoms with van der Waals surface area (Å²) in [4.78, 5) is 15.7. The van der Waals surface area contributed by atoms with E-state index in [0.29, 0.717) is 13.2 Å². The summed E-state index contributed by atoms with van der Waals surface area (Å²) in [7, 11) is 0. The van der Waals surface area contributed by atoms with E-state index in [0.717, 1.165) is 12.8 Å². The maximum absolute atomic E-state index is 12.6. The van der Waals surface area contributed by atoms with Gasteiger partial charge in [-0.1, -0.05) is 19.4 Å². The van der Waals surface area contributed by atoms with E-state index in [-0.39, 0.29) is 24.2 Å². The molecule has 2 heterocycles. The summed E-state index contributed by atoms with van der Waals surface area (Å²) in [6.07, 6.45) is 1.96. The highest BCUT2D eigenvalue weighted by Gasteiger charge is 2.39. The molecule has 1 saturated heterocycles. The predicted molar refractivity (Wildman–Crippen MR) is 81.7 cm³/mol. The first kappa shape index (κ1) is 15.5. The average molecular weight is 296 g/mol. The van der Waals surface area contributed by atoms with E-state index in [9.17, 15) is 4.79 Å². The molecule has 1 aromatic heterocycles. The number of carbonyl (C=O) groups excluding carboxylic acids is 1. The van der Waals surface area contributed by atoms with Crippen molar-refractivity contribution in [3.63, 3.8) is 0 Å². The first-order valence-corrected chi connectivity index (χ1v) is 8.26. The van der Waals surface area contributed by atoms with Crippen molar-refractivity contribution in [2.45, 2.75) is 51.9 Å². The number of nitrogens with zero attached hydrogens (tertiary/aromatic N) is 1. The van der Waals surface area contributed by atoms with Crippen LogP contribution in [-0.4, -0.2) is 36.1 Å². The van der Waals surface area contributed by atoms with Gasteiger partial charge in [0.05, 0.1) is 12.1 Å². The quantitative estimate of drug-likeness (QED) is 0.841. The van der Waals surface area contributed by atoms with Gasteiger partial charge in [0, 0.05) is 18.0 Å². The fourth-order valence-corrected chi connectivity index (χ4v) is 3.46. The molecule has 20 heavy (non-hydrogen) atoms. The standard InChI is InChI=1S/C15H24N2O2S/c1-4-7-12-15(18)17(10-11(3)19-5-2)14(16-12)13-8-6-9-20-13/h6,8-9,11-12,14,16H,4-5,7,10H2,1-3H3. The summed E-state index contributed by atoms with van der Waals surface area (Å²) >= 11 is 1.69. The SMILES string of the molecule is CCCC1NC(c2cccs2)N(CC(C)OCC)C1=O. The lowest BCUT2D eigenvalue weighted by Crippen LogP contribution is -2.37. The Morgan fingerprint density at radius 2 is 2.30 bits per heavy atom. The van der Waals surface area contributed by atoms with Crippen LogP contribution >= 0.6 is 11.3 Å². The van der Waals surface area contributed by atoms with Gasteiger partial charge >= 0.3 is 0 Å². The fraction of sp³-hybridized carbons (Fsp3) is 0.667. The topological polar surface area (TPSA) is 41.6 Å². The van der Waals surface area contributed by atoms with Crippen molar-refractivity contribution >= 4 is 17.2 Å². The summed E-state index contributed by atoms with van der Waals surface area (Å²) in [6, 6.07) is 4.06. The second-order valence-corrected chi connectivity index (χ2v) is 6.16. The molecule has 1 fully saturated rings. The number of amides is 1. The molecule has 0 radical (unpaired) electrons. The largest absolute Gasteiger partial charge is 0.377 e. The summed E-state index contributed by atoms with van der Waals surface area (Å²) < 4.78 is 5.59. The normalized spacial score (nSPS) is 24.4. The Kier molecular flexibility index (Phi) is 5.57. The van der Waals surface area contributed by atoms with Crippen LogP contribution in [0.1, 0.15) is 44.7 Å². The summed E-state index contributed by atoms with van der Waals surface area (Å²) in [5.41, 5.74) is 0. The monoisotopic (exact) mass is 296 g/mol. The van der Waals surface area contributed by atoms with Crippen molar-refractivity contribution in [3.05, 3.63) is 22.4 Å². The number of hydrogen-bond acceptors (Lipinski definition) is 4. The van der Waals surface area contributed by atoms with Gasteiger partial charge in [-0.15, -0.1) is 11.3 Å². The zero-order valence-corrected chi connectivity index (χ0v) is 13.3. The second-order valence-electron chi connectivity index (χ2n) is 5.18. The average Bonchev–Trinajstić information content (AvgIpc) is 3.02. The van der Waals surface area contributed by atoms with Crippen molar-refractivity contribution in [1.82, 2.24) is 10.2 Å². The van der Waals surface area contributed by atoms with Crippen LogP contribution in [0, 0.1) is 0 Å². The number of thiophene rings is 1. The zero-order valence-electron chi connectivity index (χ0n) is 12.5. The third-order valence-electron chi connectivity index (χ3n) is 3.55. The Bertz CT molecular complexity index is 422. The molecular weight excluding hydrogens is 272 g/mol. The molecule has 0 spiro atoms. The molecule has 112 valence electrons. The van der Waals surface area contributed by atoms with Crippen LogP contribution in [0.3, 0.4) is 0 Å². The lowest BCUT2D eigenvalue weighted by Gasteiger charge is -2.26. The molecule has 4 nitrogen and oxygen atoms in total. The van der Waals surface area contributed by atoms with E-state index in [1.165, 1.54) is 4.88 Å². The summed E-state index contributed by atoms with van der Waals surface area (Å²) in [6.45, 7) is 7.44. The van der Waals surface area contributed by atoms with Crippen LogP contribution in [0.5, 0.6) is 0 Å². The predicted octanol–water partition coefficient (Wildman–Crippen LogP) is 2.77. The molecule has 0 bridgehead atoms. The number of ether oxygens (including phenoxy) is 1. The smallest absolute Gasteiger partial charge is 0.241 e. The van der Waals surface area contributed by atoms with Crippen LogP contribution < -0.4 is 5.32 Å². The molecule has 1 aliphatic rings. The Hall–Kier alpha value is -0.910. The van der Waals surface area contributed by atoms with Gasteiger partial charge < -0.3 is 9.64 Å². The first-order valence-electron chi connectivity index (χ1n) is 7.38. The van der Waals surface area contributed by atoms with E-state index in [1.54, 1.807) is 11.3 Å². The molecule has 1 amide bonds. The van der Waals surface area contributed by atoms with Crippen molar-refractivity contribution in [3.8, 4) is 0 Å². The van der Waals surface area contributed by atoms with Gasteiger partial charge in [-0.3, -0.25) is 10.1 Å². The highest BCUT2D eigenvalue weighted by molar-refractivity contribution is 7.10. The van der Waals surface area contributed by atoms with Crippen LogP contribution in [0.25, 0.3) is 0 Å². The molecule has 1 aromatic rings. The minimum atomic E-state index is -0.0547. The van der Waals surface area contributed by atoms with Gasteiger partial charge in [-0.25, -0.2) is 0 Å². The maximum atomic E-state index is 12.6. The highest BCUT2D eigenvalue weighted by Crippen LogP contribution is 2.30. The maximum Gasteiger partial charge on any atom is 0.241 e. The van der Waals surface area contributed by atoms with Gasteiger partial charge in [0.25, 0.3) is 0 Å². The molecule has 0 aliphatic carbocycles. The highest BCUT2D eigenvalue weighted by atomic mass is 32.1. The number of nitrogens with one attached hydrogen (secondary N) is 1. The van der Waals surface area contributed by atoms with Gasteiger partial charge in [-0.2, -0.15) is 0 Å².